The minimum absolute atomic E-state index is 0.0775. The lowest BCUT2D eigenvalue weighted by Gasteiger charge is -2.32. The van der Waals surface area contributed by atoms with Crippen molar-refractivity contribution in [2.45, 2.75) is 26.3 Å². The molecule has 1 atom stereocenters. The summed E-state index contributed by atoms with van der Waals surface area (Å²) in [6.07, 6.45) is 2.68. The van der Waals surface area contributed by atoms with Crippen molar-refractivity contribution in [1.82, 2.24) is 9.80 Å². The molecular formula is C19H27N3OS. The molecule has 0 bridgehead atoms. The number of aryl methyl sites for hydroxylation is 1. The second kappa shape index (κ2) is 8.85. The highest BCUT2D eigenvalue weighted by atomic mass is 32.1. The van der Waals surface area contributed by atoms with Crippen molar-refractivity contribution in [2.75, 3.05) is 32.5 Å². The van der Waals surface area contributed by atoms with Gasteiger partial charge in [0.2, 0.25) is 0 Å². The van der Waals surface area contributed by atoms with Gasteiger partial charge in [0.05, 0.1) is 12.3 Å². The van der Waals surface area contributed by atoms with Crippen molar-refractivity contribution in [3.05, 3.63) is 54.0 Å². The van der Waals surface area contributed by atoms with Crippen molar-refractivity contribution in [3.63, 3.8) is 0 Å². The minimum Gasteiger partial charge on any atom is -0.467 e. The number of hydrogen-bond acceptors (Lipinski definition) is 3. The van der Waals surface area contributed by atoms with E-state index in [1.54, 1.807) is 6.26 Å². The lowest BCUT2D eigenvalue weighted by molar-refractivity contribution is 0.263. The number of nitrogens with zero attached hydrogens (tertiary/aromatic N) is 2. The Balaban J connectivity index is 2.17. The largest absolute Gasteiger partial charge is 0.467 e. The van der Waals surface area contributed by atoms with Crippen molar-refractivity contribution in [2.24, 2.45) is 0 Å². The Kier molecular flexibility index (Phi) is 6.82. The highest BCUT2D eigenvalue weighted by molar-refractivity contribution is 7.80. The van der Waals surface area contributed by atoms with Crippen molar-refractivity contribution >= 4 is 23.0 Å². The Morgan fingerprint density at radius 1 is 1.17 bits per heavy atom. The van der Waals surface area contributed by atoms with Gasteiger partial charge in [-0.05, 0) is 63.4 Å². The molecule has 0 amide bonds. The van der Waals surface area contributed by atoms with E-state index in [-0.39, 0.29) is 6.04 Å². The summed E-state index contributed by atoms with van der Waals surface area (Å²) in [6, 6.07) is 12.3. The molecule has 130 valence electrons. The normalized spacial score (nSPS) is 12.2. The molecule has 0 saturated heterocycles. The third kappa shape index (κ3) is 4.82. The van der Waals surface area contributed by atoms with E-state index in [1.807, 2.05) is 18.2 Å². The molecule has 1 aromatic carbocycles. The van der Waals surface area contributed by atoms with Crippen LogP contribution in [0.25, 0.3) is 0 Å². The number of thiocarbonyl (C=S) groups is 1. The molecule has 0 fully saturated rings. The molecule has 5 heteroatoms. The molecule has 0 aliphatic heterocycles. The van der Waals surface area contributed by atoms with Gasteiger partial charge in [-0.25, -0.2) is 0 Å². The predicted molar refractivity (Wildman–Crippen MR) is 104 cm³/mol. The summed E-state index contributed by atoms with van der Waals surface area (Å²) in [4.78, 5) is 4.34. The monoisotopic (exact) mass is 345 g/mol. The first kappa shape index (κ1) is 18.5. The van der Waals surface area contributed by atoms with Crippen molar-refractivity contribution < 1.29 is 4.42 Å². The van der Waals surface area contributed by atoms with E-state index in [0.717, 1.165) is 36.1 Å². The van der Waals surface area contributed by atoms with Gasteiger partial charge in [-0.15, -0.1) is 0 Å². The molecule has 0 aliphatic rings. The maximum atomic E-state index is 5.72. The van der Waals surface area contributed by atoms with Crippen molar-refractivity contribution in [3.8, 4) is 0 Å². The minimum atomic E-state index is 0.0775. The molecular weight excluding hydrogens is 318 g/mol. The first-order valence-corrected chi connectivity index (χ1v) is 8.77. The lowest BCUT2D eigenvalue weighted by atomic mass is 10.1. The first-order valence-electron chi connectivity index (χ1n) is 8.36. The summed E-state index contributed by atoms with van der Waals surface area (Å²) in [7, 11) is 4.14. The number of hydrogen-bond donors (Lipinski definition) is 1. The number of anilines is 1. The quantitative estimate of drug-likeness (QED) is 0.762. The zero-order valence-corrected chi connectivity index (χ0v) is 15.8. The molecule has 2 rings (SSSR count). The first-order chi connectivity index (χ1) is 11.5. The molecule has 2 aromatic rings. The van der Waals surface area contributed by atoms with Crippen LogP contribution in [0.3, 0.4) is 0 Å². The average molecular weight is 346 g/mol. The van der Waals surface area contributed by atoms with Crippen LogP contribution in [0, 0.1) is 0 Å². The molecule has 24 heavy (non-hydrogen) atoms. The van der Waals surface area contributed by atoms with E-state index in [9.17, 15) is 0 Å². The van der Waals surface area contributed by atoms with Gasteiger partial charge >= 0.3 is 0 Å². The average Bonchev–Trinajstić information content (AvgIpc) is 3.09. The SMILES string of the molecule is CCc1ccccc1NC(=S)N(CCN(C)C)[C@H](C)c1ccco1. The number of rotatable bonds is 7. The van der Waals surface area contributed by atoms with Crippen molar-refractivity contribution in [1.29, 1.82) is 0 Å². The van der Waals surface area contributed by atoms with Crippen LogP contribution in [0.4, 0.5) is 5.69 Å². The Morgan fingerprint density at radius 3 is 2.54 bits per heavy atom. The topological polar surface area (TPSA) is 31.6 Å². The molecule has 0 spiro atoms. The van der Waals surface area contributed by atoms with Gasteiger partial charge in [0.1, 0.15) is 5.76 Å². The van der Waals surface area contributed by atoms with Crippen LogP contribution in [0.1, 0.15) is 31.2 Å². The van der Waals surface area contributed by atoms with Crippen LogP contribution in [0.2, 0.25) is 0 Å². The fourth-order valence-electron chi connectivity index (χ4n) is 2.60. The van der Waals surface area contributed by atoms with Gasteiger partial charge in [0, 0.05) is 18.8 Å². The summed E-state index contributed by atoms with van der Waals surface area (Å²) in [5.74, 6) is 0.918. The van der Waals surface area contributed by atoms with Gasteiger partial charge in [0.25, 0.3) is 0 Å². The Bertz CT molecular complexity index is 640. The maximum Gasteiger partial charge on any atom is 0.174 e. The molecule has 4 nitrogen and oxygen atoms in total. The molecule has 0 radical (unpaired) electrons. The molecule has 0 saturated carbocycles. The van der Waals surface area contributed by atoms with E-state index >= 15 is 0 Å². The smallest absolute Gasteiger partial charge is 0.174 e. The molecule has 1 aromatic heterocycles. The Hall–Kier alpha value is -1.85. The van der Waals surface area contributed by atoms with Crippen LogP contribution >= 0.6 is 12.2 Å². The van der Waals surface area contributed by atoms with E-state index in [4.69, 9.17) is 16.6 Å². The lowest BCUT2D eigenvalue weighted by Crippen LogP contribution is -2.41. The van der Waals surface area contributed by atoms with Crippen LogP contribution in [-0.2, 0) is 6.42 Å². The van der Waals surface area contributed by atoms with E-state index in [2.05, 4.69) is 61.3 Å². The third-order valence-electron chi connectivity index (χ3n) is 4.11. The number of nitrogens with one attached hydrogen (secondary N) is 1. The second-order valence-corrected chi connectivity index (χ2v) is 6.52. The predicted octanol–water partition coefficient (Wildman–Crippen LogP) is 4.16. The zero-order chi connectivity index (χ0) is 17.5. The standard InChI is InChI=1S/C19H27N3OS/c1-5-16-9-6-7-10-17(16)20-19(24)22(13-12-21(3)4)15(2)18-11-8-14-23-18/h6-11,14-15H,5,12-13H2,1-4H3,(H,20,24)/t15-/m1/s1. The van der Waals surface area contributed by atoms with Crippen LogP contribution in [0.5, 0.6) is 0 Å². The summed E-state index contributed by atoms with van der Waals surface area (Å²) in [5, 5.41) is 4.15. The van der Waals surface area contributed by atoms with E-state index in [1.165, 1.54) is 5.56 Å². The molecule has 0 unspecified atom stereocenters. The zero-order valence-electron chi connectivity index (χ0n) is 15.0. The number of likely N-dealkylation sites (N-methyl/N-ethyl adjacent to an activating group) is 1. The maximum absolute atomic E-state index is 5.72. The summed E-state index contributed by atoms with van der Waals surface area (Å²) >= 11 is 5.72. The number of para-hydroxylation sites is 1. The molecule has 0 aliphatic carbocycles. The van der Waals surface area contributed by atoms with Crippen LogP contribution < -0.4 is 5.32 Å². The van der Waals surface area contributed by atoms with Crippen LogP contribution in [-0.4, -0.2) is 42.1 Å². The summed E-state index contributed by atoms with van der Waals surface area (Å²) < 4.78 is 5.59. The van der Waals surface area contributed by atoms with Crippen LogP contribution in [0.15, 0.2) is 47.1 Å². The van der Waals surface area contributed by atoms with Gasteiger partial charge in [-0.3, -0.25) is 0 Å². The van der Waals surface area contributed by atoms with Gasteiger partial charge in [0.15, 0.2) is 5.11 Å². The number of benzene rings is 1. The fourth-order valence-corrected chi connectivity index (χ4v) is 2.96. The Labute approximate surface area is 150 Å². The summed E-state index contributed by atoms with van der Waals surface area (Å²) in [5.41, 5.74) is 2.34. The summed E-state index contributed by atoms with van der Waals surface area (Å²) in [6.45, 7) is 6.02. The van der Waals surface area contributed by atoms with Gasteiger partial charge < -0.3 is 19.5 Å². The van der Waals surface area contributed by atoms with E-state index in [0.29, 0.717) is 0 Å². The second-order valence-electron chi connectivity index (χ2n) is 6.13. The van der Waals surface area contributed by atoms with E-state index < -0.39 is 0 Å². The molecule has 1 N–H and O–H groups in total. The molecule has 1 heterocycles. The highest BCUT2D eigenvalue weighted by Gasteiger charge is 2.21. The van der Waals surface area contributed by atoms with Gasteiger partial charge in [-0.2, -0.15) is 0 Å². The third-order valence-corrected chi connectivity index (χ3v) is 4.45. The number of furan rings is 1. The fraction of sp³-hybridized carbons (Fsp3) is 0.421. The highest BCUT2D eigenvalue weighted by Crippen LogP contribution is 2.23. The van der Waals surface area contributed by atoms with Gasteiger partial charge in [-0.1, -0.05) is 25.1 Å². The Morgan fingerprint density at radius 2 is 1.92 bits per heavy atom.